The summed E-state index contributed by atoms with van der Waals surface area (Å²) in [5.74, 6) is 7.19. The molecule has 0 spiro atoms. The van der Waals surface area contributed by atoms with Crippen LogP contribution in [0.25, 0.3) is 10.2 Å². The smallest absolute Gasteiger partial charge is 0.127 e. The van der Waals surface area contributed by atoms with E-state index in [1.165, 1.54) is 38.8 Å². The van der Waals surface area contributed by atoms with Crippen LogP contribution in [0.3, 0.4) is 0 Å². The first-order valence-corrected chi connectivity index (χ1v) is 11.1. The van der Waals surface area contributed by atoms with Gasteiger partial charge >= 0.3 is 0 Å². The molecule has 0 bridgehead atoms. The maximum atomic E-state index is 6.39. The van der Waals surface area contributed by atoms with Crippen LogP contribution >= 0.6 is 34.2 Å². The van der Waals surface area contributed by atoms with Gasteiger partial charge in [-0.05, 0) is 48.7 Å². The monoisotopic (exact) mass is 387 g/mol. The van der Waals surface area contributed by atoms with E-state index in [-0.39, 0.29) is 6.04 Å². The lowest BCUT2D eigenvalue weighted by molar-refractivity contribution is 0.570. The molecular formula is C19H21N3S3. The summed E-state index contributed by atoms with van der Waals surface area (Å²) >= 11 is 5.12. The number of nitrogens with zero attached hydrogens (tertiary/aromatic N) is 1. The molecule has 1 aliphatic rings. The first-order valence-electron chi connectivity index (χ1n) is 8.60. The van der Waals surface area contributed by atoms with Crippen molar-refractivity contribution < 1.29 is 0 Å². The summed E-state index contributed by atoms with van der Waals surface area (Å²) in [6.45, 7) is 2.73. The van der Waals surface area contributed by atoms with Gasteiger partial charge in [-0.15, -0.1) is 28.6 Å². The number of thiophene rings is 2. The average molecular weight is 388 g/mol. The molecule has 0 radical (unpaired) electrons. The number of hydrogen-bond acceptors (Lipinski definition) is 6. The third-order valence-corrected chi connectivity index (χ3v) is 7.45. The molecule has 1 aliphatic carbocycles. The predicted octanol–water partition coefficient (Wildman–Crippen LogP) is 5.07. The lowest BCUT2D eigenvalue weighted by Gasteiger charge is -2.09. The van der Waals surface area contributed by atoms with Gasteiger partial charge in [0.05, 0.1) is 16.8 Å². The number of nitrogens with two attached hydrogens (primary N) is 1. The van der Waals surface area contributed by atoms with Crippen molar-refractivity contribution >= 4 is 49.4 Å². The summed E-state index contributed by atoms with van der Waals surface area (Å²) in [7, 11) is 0. The van der Waals surface area contributed by atoms with E-state index in [9.17, 15) is 0 Å². The molecule has 3 heterocycles. The third-order valence-electron chi connectivity index (χ3n) is 4.42. The van der Waals surface area contributed by atoms with Gasteiger partial charge in [0, 0.05) is 15.8 Å². The zero-order valence-electron chi connectivity index (χ0n) is 14.2. The van der Waals surface area contributed by atoms with E-state index >= 15 is 0 Å². The second-order valence-electron chi connectivity index (χ2n) is 6.54. The van der Waals surface area contributed by atoms with Crippen LogP contribution in [-0.2, 0) is 13.0 Å². The van der Waals surface area contributed by atoms with Crippen molar-refractivity contribution in [3.05, 3.63) is 32.8 Å². The number of rotatable bonds is 7. The molecule has 3 aromatic rings. The van der Waals surface area contributed by atoms with E-state index in [1.807, 2.05) is 18.3 Å². The molecule has 1 atom stereocenters. The van der Waals surface area contributed by atoms with Gasteiger partial charge in [-0.1, -0.05) is 24.8 Å². The highest BCUT2D eigenvalue weighted by Crippen LogP contribution is 2.40. The van der Waals surface area contributed by atoms with E-state index < -0.39 is 0 Å². The topological polar surface area (TPSA) is 50.9 Å². The predicted molar refractivity (Wildman–Crippen MR) is 111 cm³/mol. The minimum atomic E-state index is 0.235. The van der Waals surface area contributed by atoms with E-state index in [2.05, 4.69) is 39.0 Å². The van der Waals surface area contributed by atoms with E-state index in [0.29, 0.717) is 0 Å². The lowest BCUT2D eigenvalue weighted by atomic mass is 10.0. The van der Waals surface area contributed by atoms with Crippen LogP contribution in [0.4, 0.5) is 5.00 Å². The lowest BCUT2D eigenvalue weighted by Crippen LogP contribution is -2.23. The molecule has 0 aromatic carbocycles. The minimum Gasteiger partial charge on any atom is -0.370 e. The highest BCUT2D eigenvalue weighted by atomic mass is 32.1. The molecule has 3 aromatic heterocycles. The average Bonchev–Trinajstić information content (AvgIpc) is 2.99. The Bertz CT molecular complexity index is 907. The maximum Gasteiger partial charge on any atom is 0.127 e. The molecule has 3 N–H and O–H groups in total. The van der Waals surface area contributed by atoms with Gasteiger partial charge in [-0.2, -0.15) is 4.37 Å². The highest BCUT2D eigenvalue weighted by Gasteiger charge is 2.25. The number of nitrogens with one attached hydrogen (secondary N) is 1. The Balaban J connectivity index is 1.58. The van der Waals surface area contributed by atoms with Gasteiger partial charge < -0.3 is 11.1 Å². The maximum absolute atomic E-state index is 6.39. The van der Waals surface area contributed by atoms with Crippen LogP contribution in [0.2, 0.25) is 0 Å². The van der Waals surface area contributed by atoms with Gasteiger partial charge in [-0.3, -0.25) is 0 Å². The van der Waals surface area contributed by atoms with Crippen LogP contribution in [0.5, 0.6) is 0 Å². The second kappa shape index (κ2) is 7.46. The molecule has 3 nitrogen and oxygen atoms in total. The number of hydrogen-bond donors (Lipinski definition) is 2. The van der Waals surface area contributed by atoms with Crippen LogP contribution in [0.1, 0.15) is 41.5 Å². The fourth-order valence-electron chi connectivity index (χ4n) is 3.04. The van der Waals surface area contributed by atoms with Crippen molar-refractivity contribution in [2.45, 2.75) is 45.2 Å². The van der Waals surface area contributed by atoms with Crippen LogP contribution in [-0.4, -0.2) is 10.4 Å². The van der Waals surface area contributed by atoms with Crippen molar-refractivity contribution in [3.8, 4) is 11.8 Å². The van der Waals surface area contributed by atoms with Gasteiger partial charge in [0.25, 0.3) is 0 Å². The molecule has 1 saturated carbocycles. The van der Waals surface area contributed by atoms with Gasteiger partial charge in [-0.25, -0.2) is 0 Å². The van der Waals surface area contributed by atoms with E-state index in [0.717, 1.165) is 41.4 Å². The van der Waals surface area contributed by atoms with Gasteiger partial charge in [0.2, 0.25) is 0 Å². The minimum absolute atomic E-state index is 0.235. The molecule has 0 amide bonds. The van der Waals surface area contributed by atoms with Crippen molar-refractivity contribution in [1.29, 1.82) is 0 Å². The Hall–Kier alpha value is -1.39. The number of aromatic nitrogens is 1. The molecular weight excluding hydrogens is 366 g/mol. The van der Waals surface area contributed by atoms with Crippen LogP contribution in [0.15, 0.2) is 17.5 Å². The molecule has 1 fully saturated rings. The number of fused-ring (bicyclic) bond motifs is 1. The van der Waals surface area contributed by atoms with Crippen LogP contribution in [0, 0.1) is 17.8 Å². The molecule has 25 heavy (non-hydrogen) atoms. The Morgan fingerprint density at radius 3 is 3.04 bits per heavy atom. The fraction of sp³-hybridized carbons (Fsp3) is 0.421. The SMILES string of the molecule is CC#Cc1c(C[C@@H](N)CC2CC2)sc2c(NCc3cccs3)snc12. The fourth-order valence-corrected chi connectivity index (χ4v) is 5.86. The molecule has 4 rings (SSSR count). The van der Waals surface area contributed by atoms with Crippen LogP contribution < -0.4 is 11.1 Å². The summed E-state index contributed by atoms with van der Waals surface area (Å²) in [4.78, 5) is 2.63. The first-order chi connectivity index (χ1) is 12.2. The van der Waals surface area contributed by atoms with Gasteiger partial charge in [0.1, 0.15) is 10.5 Å². The Labute approximate surface area is 160 Å². The highest BCUT2D eigenvalue weighted by molar-refractivity contribution is 7.24. The summed E-state index contributed by atoms with van der Waals surface area (Å²) in [5.41, 5.74) is 8.53. The molecule has 0 saturated heterocycles. The molecule has 6 heteroatoms. The van der Waals surface area contributed by atoms with Gasteiger partial charge in [0.15, 0.2) is 0 Å². The molecule has 130 valence electrons. The second-order valence-corrected chi connectivity index (χ2v) is 9.45. The largest absolute Gasteiger partial charge is 0.370 e. The standard InChI is InChI=1S/C19H21N3S3/c1-2-4-15-16(10-13(20)9-12-6-7-12)24-18-17(15)22-25-19(18)21-11-14-5-3-8-23-14/h3,5,8,12-13,21H,6-7,9-11,20H2,1H3/t13-/m0/s1. The van der Waals surface area contributed by atoms with E-state index in [4.69, 9.17) is 5.73 Å². The Morgan fingerprint density at radius 2 is 2.32 bits per heavy atom. The Morgan fingerprint density at radius 1 is 1.44 bits per heavy atom. The van der Waals surface area contributed by atoms with Crippen molar-refractivity contribution in [2.75, 3.05) is 5.32 Å². The molecule has 0 unspecified atom stereocenters. The van der Waals surface area contributed by atoms with Crippen molar-refractivity contribution in [3.63, 3.8) is 0 Å². The first kappa shape index (κ1) is 17.0. The zero-order chi connectivity index (χ0) is 17.2. The van der Waals surface area contributed by atoms with Crippen molar-refractivity contribution in [1.82, 2.24) is 4.37 Å². The summed E-state index contributed by atoms with van der Waals surface area (Å²) in [6.07, 6.45) is 4.76. The normalized spacial score (nSPS) is 15.1. The zero-order valence-corrected chi connectivity index (χ0v) is 16.6. The van der Waals surface area contributed by atoms with E-state index in [1.54, 1.807) is 11.3 Å². The summed E-state index contributed by atoms with van der Waals surface area (Å²) < 4.78 is 5.92. The third kappa shape index (κ3) is 3.90. The molecule has 0 aliphatic heterocycles. The van der Waals surface area contributed by atoms with Crippen molar-refractivity contribution in [2.24, 2.45) is 11.7 Å². The summed E-state index contributed by atoms with van der Waals surface area (Å²) in [5, 5.41) is 6.80. The summed E-state index contributed by atoms with van der Waals surface area (Å²) in [6, 6.07) is 4.48. The Kier molecular flexibility index (Phi) is 5.09. The number of anilines is 1. The quantitative estimate of drug-likeness (QED) is 0.556.